The van der Waals surface area contributed by atoms with Crippen LogP contribution in [0.25, 0.3) is 0 Å². The number of piperidine rings is 1. The Bertz CT molecular complexity index is 323. The molecule has 2 rings (SSSR count). The summed E-state index contributed by atoms with van der Waals surface area (Å²) in [7, 11) is 0. The molecule has 0 radical (unpaired) electrons. The van der Waals surface area contributed by atoms with E-state index in [1.54, 1.807) is 0 Å². The fourth-order valence-electron chi connectivity index (χ4n) is 2.53. The van der Waals surface area contributed by atoms with Crippen molar-refractivity contribution in [2.24, 2.45) is 11.7 Å². The van der Waals surface area contributed by atoms with Gasteiger partial charge in [0.05, 0.1) is 0 Å². The first kappa shape index (κ1) is 11.6. The van der Waals surface area contributed by atoms with Gasteiger partial charge in [-0.15, -0.1) is 0 Å². The highest BCUT2D eigenvalue weighted by atomic mass is 15.2. The zero-order valence-electron chi connectivity index (χ0n) is 10.3. The smallest absolute Gasteiger partial charge is 0.0237 e. The minimum atomic E-state index is 0.317. The fraction of sp³-hybridized carbons (Fsp3) is 0.571. The Balaban J connectivity index is 2.00. The molecule has 0 aromatic heterocycles. The second-order valence-corrected chi connectivity index (χ2v) is 5.04. The highest BCUT2D eigenvalue weighted by molar-refractivity contribution is 5.14. The molecular weight excluding hydrogens is 196 g/mol. The summed E-state index contributed by atoms with van der Waals surface area (Å²) in [5.41, 5.74) is 7.61. The quantitative estimate of drug-likeness (QED) is 0.825. The predicted octanol–water partition coefficient (Wildman–Crippen LogP) is 2.24. The van der Waals surface area contributed by atoms with Gasteiger partial charge in [-0.05, 0) is 31.4 Å². The summed E-state index contributed by atoms with van der Waals surface area (Å²) in [5.74, 6) is 0.655. The van der Waals surface area contributed by atoms with Crippen LogP contribution in [0.1, 0.15) is 25.8 Å². The first-order chi connectivity index (χ1) is 7.68. The summed E-state index contributed by atoms with van der Waals surface area (Å²) in [4.78, 5) is 2.50. The van der Waals surface area contributed by atoms with Crippen molar-refractivity contribution in [3.05, 3.63) is 35.9 Å². The van der Waals surface area contributed by atoms with Crippen molar-refractivity contribution >= 4 is 0 Å². The lowest BCUT2D eigenvalue weighted by Gasteiger charge is -2.41. The Morgan fingerprint density at radius 2 is 1.94 bits per heavy atom. The van der Waals surface area contributed by atoms with E-state index in [9.17, 15) is 0 Å². The Labute approximate surface area is 98.4 Å². The van der Waals surface area contributed by atoms with E-state index >= 15 is 0 Å². The van der Waals surface area contributed by atoms with E-state index in [-0.39, 0.29) is 0 Å². The maximum Gasteiger partial charge on any atom is 0.0237 e. The largest absolute Gasteiger partial charge is 0.326 e. The molecule has 1 fully saturated rings. The molecule has 0 spiro atoms. The van der Waals surface area contributed by atoms with Crippen LogP contribution in [-0.2, 0) is 6.54 Å². The van der Waals surface area contributed by atoms with Crippen LogP contribution in [0.15, 0.2) is 30.3 Å². The molecule has 2 nitrogen and oxygen atoms in total. The van der Waals surface area contributed by atoms with E-state index in [0.29, 0.717) is 18.0 Å². The van der Waals surface area contributed by atoms with Gasteiger partial charge in [0.2, 0.25) is 0 Å². The molecule has 2 N–H and O–H groups in total. The summed E-state index contributed by atoms with van der Waals surface area (Å²) < 4.78 is 0. The summed E-state index contributed by atoms with van der Waals surface area (Å²) in [6.07, 6.45) is 1.22. The van der Waals surface area contributed by atoms with Crippen LogP contribution < -0.4 is 5.73 Å². The molecule has 1 aromatic rings. The first-order valence-electron chi connectivity index (χ1n) is 6.22. The van der Waals surface area contributed by atoms with Crippen molar-refractivity contribution in [3.63, 3.8) is 0 Å². The lowest BCUT2D eigenvalue weighted by atomic mass is 9.88. The molecule has 0 aliphatic carbocycles. The number of benzene rings is 1. The minimum Gasteiger partial charge on any atom is -0.326 e. The molecule has 1 aliphatic rings. The maximum atomic E-state index is 6.22. The lowest BCUT2D eigenvalue weighted by molar-refractivity contribution is 0.0995. The Kier molecular flexibility index (Phi) is 3.62. The molecule has 0 amide bonds. The monoisotopic (exact) mass is 218 g/mol. The van der Waals surface area contributed by atoms with E-state index in [4.69, 9.17) is 5.73 Å². The molecule has 1 heterocycles. The zero-order chi connectivity index (χ0) is 11.5. The molecule has 1 saturated heterocycles. The fourth-order valence-corrected chi connectivity index (χ4v) is 2.53. The summed E-state index contributed by atoms with van der Waals surface area (Å²) >= 11 is 0. The molecule has 0 saturated carbocycles. The minimum absolute atomic E-state index is 0.317. The summed E-state index contributed by atoms with van der Waals surface area (Å²) in [6.45, 7) is 6.72. The third-order valence-electron chi connectivity index (χ3n) is 3.89. The topological polar surface area (TPSA) is 29.3 Å². The van der Waals surface area contributed by atoms with Crippen molar-refractivity contribution in [1.29, 1.82) is 0 Å². The van der Waals surface area contributed by atoms with Crippen LogP contribution in [0.3, 0.4) is 0 Å². The van der Waals surface area contributed by atoms with Gasteiger partial charge in [0.1, 0.15) is 0 Å². The molecule has 2 heteroatoms. The van der Waals surface area contributed by atoms with Crippen LogP contribution in [0, 0.1) is 5.92 Å². The Morgan fingerprint density at radius 3 is 2.62 bits per heavy atom. The van der Waals surface area contributed by atoms with Crippen LogP contribution in [0.4, 0.5) is 0 Å². The number of nitrogens with zero attached hydrogens (tertiary/aromatic N) is 1. The van der Waals surface area contributed by atoms with Crippen molar-refractivity contribution < 1.29 is 0 Å². The van der Waals surface area contributed by atoms with Gasteiger partial charge in [-0.25, -0.2) is 0 Å². The van der Waals surface area contributed by atoms with Crippen LogP contribution in [-0.4, -0.2) is 23.5 Å². The number of hydrogen-bond acceptors (Lipinski definition) is 2. The van der Waals surface area contributed by atoms with Gasteiger partial charge in [-0.1, -0.05) is 37.3 Å². The van der Waals surface area contributed by atoms with Crippen LogP contribution in [0.2, 0.25) is 0 Å². The Hall–Kier alpha value is -0.860. The lowest BCUT2D eigenvalue weighted by Crippen LogP contribution is -2.53. The zero-order valence-corrected chi connectivity index (χ0v) is 10.3. The molecule has 1 aromatic carbocycles. The summed E-state index contributed by atoms with van der Waals surface area (Å²) in [6, 6.07) is 11.5. The molecule has 88 valence electrons. The number of nitrogens with two attached hydrogens (primary N) is 1. The van der Waals surface area contributed by atoms with Crippen molar-refractivity contribution in [2.75, 3.05) is 6.54 Å². The van der Waals surface area contributed by atoms with Gasteiger partial charge in [-0.2, -0.15) is 0 Å². The number of hydrogen-bond donors (Lipinski definition) is 1. The van der Waals surface area contributed by atoms with Gasteiger partial charge >= 0.3 is 0 Å². The standard InChI is InChI=1S/C14H22N2/c1-11-8-9-16(12(2)14(11)15)10-13-6-4-3-5-7-13/h3-7,11-12,14H,8-10,15H2,1-2H3/t11-,12+,14+/m0/s1. The van der Waals surface area contributed by atoms with Gasteiger partial charge < -0.3 is 5.73 Å². The number of likely N-dealkylation sites (tertiary alicyclic amines) is 1. The van der Waals surface area contributed by atoms with E-state index in [2.05, 4.69) is 49.1 Å². The highest BCUT2D eigenvalue weighted by Crippen LogP contribution is 2.22. The normalized spacial score (nSPS) is 31.6. The van der Waals surface area contributed by atoms with Gasteiger partial charge in [0.15, 0.2) is 0 Å². The third kappa shape index (κ3) is 2.45. The first-order valence-corrected chi connectivity index (χ1v) is 6.22. The maximum absolute atomic E-state index is 6.22. The second kappa shape index (κ2) is 4.98. The SMILES string of the molecule is C[C@@H]1[C@H](N)[C@@H](C)CCN1Cc1ccccc1. The molecule has 0 bridgehead atoms. The predicted molar refractivity (Wildman–Crippen MR) is 68.1 cm³/mol. The molecule has 1 aliphatic heterocycles. The average Bonchev–Trinajstić information content (AvgIpc) is 2.31. The molecular formula is C14H22N2. The number of rotatable bonds is 2. The van der Waals surface area contributed by atoms with Crippen LogP contribution >= 0.6 is 0 Å². The molecule has 3 atom stereocenters. The van der Waals surface area contributed by atoms with Gasteiger partial charge in [0.25, 0.3) is 0 Å². The van der Waals surface area contributed by atoms with Gasteiger partial charge in [-0.3, -0.25) is 4.90 Å². The van der Waals surface area contributed by atoms with Crippen molar-refractivity contribution in [2.45, 2.75) is 38.9 Å². The third-order valence-corrected chi connectivity index (χ3v) is 3.89. The van der Waals surface area contributed by atoms with Crippen molar-refractivity contribution in [1.82, 2.24) is 4.90 Å². The molecule has 0 unspecified atom stereocenters. The van der Waals surface area contributed by atoms with E-state index < -0.39 is 0 Å². The van der Waals surface area contributed by atoms with Gasteiger partial charge in [0, 0.05) is 18.6 Å². The van der Waals surface area contributed by atoms with Crippen LogP contribution in [0.5, 0.6) is 0 Å². The average molecular weight is 218 g/mol. The van der Waals surface area contributed by atoms with E-state index in [1.165, 1.54) is 18.5 Å². The Morgan fingerprint density at radius 1 is 1.25 bits per heavy atom. The van der Waals surface area contributed by atoms with Crippen molar-refractivity contribution in [3.8, 4) is 0 Å². The molecule has 16 heavy (non-hydrogen) atoms. The summed E-state index contributed by atoms with van der Waals surface area (Å²) in [5, 5.41) is 0. The van der Waals surface area contributed by atoms with E-state index in [0.717, 1.165) is 6.54 Å². The second-order valence-electron chi connectivity index (χ2n) is 5.04. The van der Waals surface area contributed by atoms with E-state index in [1.807, 2.05) is 0 Å². The highest BCUT2D eigenvalue weighted by Gasteiger charge is 2.29.